The first-order valence-electron chi connectivity index (χ1n) is 10.4. The van der Waals surface area contributed by atoms with Crippen LogP contribution in [0.5, 0.6) is 11.5 Å². The fourth-order valence-electron chi connectivity index (χ4n) is 2.89. The van der Waals surface area contributed by atoms with Gasteiger partial charge in [0.1, 0.15) is 11.5 Å². The summed E-state index contributed by atoms with van der Waals surface area (Å²) in [7, 11) is 1.54. The Morgan fingerprint density at radius 1 is 0.857 bits per heavy atom. The van der Waals surface area contributed by atoms with Crippen LogP contribution in [0.25, 0.3) is 0 Å². The second-order valence-corrected chi connectivity index (χ2v) is 8.16. The lowest BCUT2D eigenvalue weighted by atomic mass is 10.2. The van der Waals surface area contributed by atoms with Gasteiger partial charge in [0.25, 0.3) is 11.8 Å². The fourth-order valence-corrected chi connectivity index (χ4v) is 3.41. The van der Waals surface area contributed by atoms with Gasteiger partial charge in [0.05, 0.1) is 12.7 Å². The van der Waals surface area contributed by atoms with Crippen LogP contribution in [0, 0.1) is 0 Å². The van der Waals surface area contributed by atoms with E-state index in [0.29, 0.717) is 32.9 Å². The second kappa shape index (κ2) is 12.1. The molecule has 2 N–H and O–H groups in total. The molecule has 3 aromatic carbocycles. The highest BCUT2D eigenvalue weighted by molar-refractivity contribution is 6.35. The topological polar surface area (TPSA) is 103 Å². The van der Waals surface area contributed by atoms with Gasteiger partial charge < -0.3 is 24.8 Å². The Morgan fingerprint density at radius 3 is 2.20 bits per heavy atom. The molecule has 0 bridgehead atoms. The predicted octanol–water partition coefficient (Wildman–Crippen LogP) is 5.20. The number of nitrogens with one attached hydrogen (secondary N) is 2. The first-order chi connectivity index (χ1) is 16.7. The first kappa shape index (κ1) is 25.9. The summed E-state index contributed by atoms with van der Waals surface area (Å²) in [5, 5.41) is 6.01. The summed E-state index contributed by atoms with van der Waals surface area (Å²) in [6.45, 7) is 1.21. The third-order valence-electron chi connectivity index (χ3n) is 4.60. The van der Waals surface area contributed by atoms with Crippen molar-refractivity contribution in [1.82, 2.24) is 0 Å². The summed E-state index contributed by atoms with van der Waals surface area (Å²) >= 11 is 11.8. The number of benzene rings is 3. The van der Waals surface area contributed by atoms with Gasteiger partial charge in [0.2, 0.25) is 0 Å². The maximum Gasteiger partial charge on any atom is 0.338 e. The number of amides is 2. The van der Waals surface area contributed by atoms with Gasteiger partial charge in [-0.25, -0.2) is 4.79 Å². The Kier molecular flexibility index (Phi) is 8.94. The number of esters is 1. The van der Waals surface area contributed by atoms with Crippen molar-refractivity contribution in [3.05, 3.63) is 82.3 Å². The summed E-state index contributed by atoms with van der Waals surface area (Å²) in [5.41, 5.74) is 1.17. The van der Waals surface area contributed by atoms with E-state index in [1.807, 2.05) is 0 Å². The van der Waals surface area contributed by atoms with Crippen LogP contribution in [-0.4, -0.2) is 37.6 Å². The van der Waals surface area contributed by atoms with Crippen LogP contribution in [0.1, 0.15) is 17.3 Å². The van der Waals surface area contributed by atoms with E-state index < -0.39 is 18.0 Å². The highest BCUT2D eigenvalue weighted by atomic mass is 35.5. The zero-order valence-corrected chi connectivity index (χ0v) is 20.4. The molecular formula is C25H22Cl2N2O6. The summed E-state index contributed by atoms with van der Waals surface area (Å²) in [6, 6.07) is 17.5. The van der Waals surface area contributed by atoms with Crippen molar-refractivity contribution in [2.75, 3.05) is 24.4 Å². The van der Waals surface area contributed by atoms with E-state index in [4.69, 9.17) is 37.4 Å². The van der Waals surface area contributed by atoms with Crippen molar-refractivity contribution < 1.29 is 28.6 Å². The zero-order chi connectivity index (χ0) is 25.4. The summed E-state index contributed by atoms with van der Waals surface area (Å²) in [5.74, 6) is -0.599. The van der Waals surface area contributed by atoms with E-state index in [0.717, 1.165) is 0 Å². The Balaban J connectivity index is 1.48. The maximum absolute atomic E-state index is 12.4. The minimum absolute atomic E-state index is 0.212. The minimum atomic E-state index is -1.07. The highest BCUT2D eigenvalue weighted by Gasteiger charge is 2.19. The number of anilines is 2. The molecule has 0 unspecified atom stereocenters. The number of rotatable bonds is 9. The molecule has 35 heavy (non-hydrogen) atoms. The van der Waals surface area contributed by atoms with Gasteiger partial charge in [-0.2, -0.15) is 0 Å². The van der Waals surface area contributed by atoms with E-state index in [1.54, 1.807) is 24.3 Å². The summed E-state index contributed by atoms with van der Waals surface area (Å²) in [4.78, 5) is 36.8. The van der Waals surface area contributed by atoms with E-state index >= 15 is 0 Å². The number of methoxy groups -OCH3 is 1. The van der Waals surface area contributed by atoms with Crippen molar-refractivity contribution in [1.29, 1.82) is 0 Å². The quantitative estimate of drug-likeness (QED) is 0.378. The molecule has 1 atom stereocenters. The smallest absolute Gasteiger partial charge is 0.338 e. The largest absolute Gasteiger partial charge is 0.497 e. The molecule has 3 aromatic rings. The molecule has 0 saturated heterocycles. The fraction of sp³-hybridized carbons (Fsp3) is 0.160. The average molecular weight is 517 g/mol. The van der Waals surface area contributed by atoms with Crippen LogP contribution in [0.4, 0.5) is 11.4 Å². The SMILES string of the molecule is COc1cccc(NC(=O)COc2ccc(C(=O)O[C@@H](C)C(=O)Nc3cc(Cl)cc(Cl)c3)cc2)c1. The Hall–Kier alpha value is -3.75. The molecule has 0 heterocycles. The molecule has 8 nitrogen and oxygen atoms in total. The van der Waals surface area contributed by atoms with Crippen LogP contribution in [-0.2, 0) is 14.3 Å². The predicted molar refractivity (Wildman–Crippen MR) is 134 cm³/mol. The van der Waals surface area contributed by atoms with Crippen molar-refractivity contribution in [3.8, 4) is 11.5 Å². The highest BCUT2D eigenvalue weighted by Crippen LogP contribution is 2.23. The third-order valence-corrected chi connectivity index (χ3v) is 5.03. The zero-order valence-electron chi connectivity index (χ0n) is 18.8. The minimum Gasteiger partial charge on any atom is -0.497 e. The van der Waals surface area contributed by atoms with Crippen molar-refractivity contribution >= 4 is 52.4 Å². The lowest BCUT2D eigenvalue weighted by Gasteiger charge is -2.14. The Bertz CT molecular complexity index is 1200. The molecule has 182 valence electrons. The van der Waals surface area contributed by atoms with Gasteiger partial charge in [-0.05, 0) is 61.5 Å². The molecule has 0 radical (unpaired) electrons. The van der Waals surface area contributed by atoms with Crippen LogP contribution in [0.15, 0.2) is 66.7 Å². The van der Waals surface area contributed by atoms with Crippen LogP contribution in [0.3, 0.4) is 0 Å². The van der Waals surface area contributed by atoms with Crippen LogP contribution >= 0.6 is 23.2 Å². The molecule has 0 aliphatic heterocycles. The molecule has 3 rings (SSSR count). The molecule has 0 spiro atoms. The molecule has 0 aromatic heterocycles. The number of carbonyl (C=O) groups is 3. The van der Waals surface area contributed by atoms with E-state index in [1.165, 1.54) is 56.5 Å². The summed E-state index contributed by atoms with van der Waals surface area (Å²) < 4.78 is 15.8. The van der Waals surface area contributed by atoms with Crippen molar-refractivity contribution in [2.24, 2.45) is 0 Å². The monoisotopic (exact) mass is 516 g/mol. The van der Waals surface area contributed by atoms with Gasteiger partial charge in [-0.1, -0.05) is 29.3 Å². The molecule has 10 heteroatoms. The third kappa shape index (κ3) is 7.91. The van der Waals surface area contributed by atoms with E-state index in [-0.39, 0.29) is 18.1 Å². The number of halogens is 2. The lowest BCUT2D eigenvalue weighted by Crippen LogP contribution is -2.30. The lowest BCUT2D eigenvalue weighted by molar-refractivity contribution is -0.123. The normalized spacial score (nSPS) is 11.2. The number of hydrogen-bond donors (Lipinski definition) is 2. The number of ether oxygens (including phenoxy) is 3. The van der Waals surface area contributed by atoms with E-state index in [9.17, 15) is 14.4 Å². The van der Waals surface area contributed by atoms with Crippen LogP contribution in [0.2, 0.25) is 10.0 Å². The summed E-state index contributed by atoms with van der Waals surface area (Å²) in [6.07, 6.45) is -1.07. The van der Waals surface area contributed by atoms with Gasteiger partial charge in [0, 0.05) is 27.5 Å². The van der Waals surface area contributed by atoms with Gasteiger partial charge in [-0.15, -0.1) is 0 Å². The van der Waals surface area contributed by atoms with E-state index in [2.05, 4.69) is 10.6 Å². The molecule has 0 fully saturated rings. The maximum atomic E-state index is 12.4. The van der Waals surface area contributed by atoms with Crippen LogP contribution < -0.4 is 20.1 Å². The van der Waals surface area contributed by atoms with Crippen molar-refractivity contribution in [2.45, 2.75) is 13.0 Å². The molecular weight excluding hydrogens is 495 g/mol. The molecule has 0 aliphatic carbocycles. The van der Waals surface area contributed by atoms with Crippen molar-refractivity contribution in [3.63, 3.8) is 0 Å². The Morgan fingerprint density at radius 2 is 1.54 bits per heavy atom. The Labute approximate surface area is 212 Å². The number of hydrogen-bond acceptors (Lipinski definition) is 6. The number of carbonyl (C=O) groups excluding carboxylic acids is 3. The molecule has 0 aliphatic rings. The average Bonchev–Trinajstić information content (AvgIpc) is 2.82. The molecule has 0 saturated carbocycles. The van der Waals surface area contributed by atoms with Gasteiger partial charge >= 0.3 is 5.97 Å². The standard InChI is InChI=1S/C25H22Cl2N2O6/c1-15(24(31)29-20-11-17(26)10-18(27)12-20)35-25(32)16-6-8-21(9-7-16)34-14-23(30)28-19-4-3-5-22(13-19)33-2/h3-13,15H,14H2,1-2H3,(H,28,30)(H,29,31)/t15-/m0/s1. The second-order valence-electron chi connectivity index (χ2n) is 7.29. The van der Waals surface area contributed by atoms with Gasteiger partial charge in [0.15, 0.2) is 12.7 Å². The molecule has 2 amide bonds. The van der Waals surface area contributed by atoms with Gasteiger partial charge in [-0.3, -0.25) is 9.59 Å². The first-order valence-corrected chi connectivity index (χ1v) is 11.1.